The highest BCUT2D eigenvalue weighted by Crippen LogP contribution is 2.06. The van der Waals surface area contributed by atoms with Crippen molar-refractivity contribution in [2.75, 3.05) is 26.8 Å². The molecule has 0 aliphatic heterocycles. The average molecular weight is 231 g/mol. The molecule has 5 heteroatoms. The number of carboxylic acids is 1. The Morgan fingerprint density at radius 1 is 1.44 bits per heavy atom. The van der Waals surface area contributed by atoms with Crippen molar-refractivity contribution in [2.24, 2.45) is 5.92 Å². The smallest absolute Gasteiger partial charge is 0.323 e. The molecular formula is C11H21NO4. The van der Waals surface area contributed by atoms with Crippen LogP contribution in [0.25, 0.3) is 0 Å². The molecule has 0 aromatic heterocycles. The van der Waals surface area contributed by atoms with Gasteiger partial charge in [-0.2, -0.15) is 0 Å². The number of aliphatic carboxylic acids is 1. The Balaban J connectivity index is 4.20. The van der Waals surface area contributed by atoms with Crippen molar-refractivity contribution in [3.05, 3.63) is 0 Å². The zero-order valence-corrected chi connectivity index (χ0v) is 10.2. The fourth-order valence-electron chi connectivity index (χ4n) is 1.50. The number of amides is 1. The molecule has 1 atom stereocenters. The lowest BCUT2D eigenvalue weighted by molar-refractivity contribution is -0.145. The van der Waals surface area contributed by atoms with Crippen molar-refractivity contribution in [1.82, 2.24) is 4.90 Å². The van der Waals surface area contributed by atoms with E-state index in [1.54, 1.807) is 7.11 Å². The van der Waals surface area contributed by atoms with Crippen LogP contribution in [0.1, 0.15) is 26.7 Å². The summed E-state index contributed by atoms with van der Waals surface area (Å²) < 4.78 is 4.94. The van der Waals surface area contributed by atoms with E-state index < -0.39 is 5.97 Å². The van der Waals surface area contributed by atoms with Crippen LogP contribution in [0.5, 0.6) is 0 Å². The van der Waals surface area contributed by atoms with Crippen molar-refractivity contribution in [2.45, 2.75) is 26.7 Å². The van der Waals surface area contributed by atoms with Crippen LogP contribution in [0.2, 0.25) is 0 Å². The second-order valence-electron chi connectivity index (χ2n) is 3.97. The molecule has 0 aromatic carbocycles. The van der Waals surface area contributed by atoms with Crippen LogP contribution >= 0.6 is 0 Å². The van der Waals surface area contributed by atoms with E-state index in [1.165, 1.54) is 4.90 Å². The van der Waals surface area contributed by atoms with Gasteiger partial charge in [-0.1, -0.05) is 13.8 Å². The Morgan fingerprint density at radius 2 is 2.06 bits per heavy atom. The van der Waals surface area contributed by atoms with Gasteiger partial charge in [0.2, 0.25) is 5.91 Å². The molecule has 0 fully saturated rings. The molecule has 1 amide bonds. The van der Waals surface area contributed by atoms with Gasteiger partial charge in [0, 0.05) is 26.7 Å². The number of nitrogens with zero attached hydrogens (tertiary/aromatic N) is 1. The third-order valence-corrected chi connectivity index (χ3v) is 2.15. The molecule has 0 heterocycles. The molecule has 0 rings (SSSR count). The number of hydrogen-bond donors (Lipinski definition) is 1. The van der Waals surface area contributed by atoms with Crippen LogP contribution in [-0.4, -0.2) is 48.7 Å². The van der Waals surface area contributed by atoms with Crippen molar-refractivity contribution < 1.29 is 19.4 Å². The molecule has 5 nitrogen and oxygen atoms in total. The van der Waals surface area contributed by atoms with Gasteiger partial charge < -0.3 is 14.7 Å². The fraction of sp³-hybridized carbons (Fsp3) is 0.818. The summed E-state index contributed by atoms with van der Waals surface area (Å²) in [6.07, 6.45) is 1.10. The maximum atomic E-state index is 11.8. The Labute approximate surface area is 96.4 Å². The largest absolute Gasteiger partial charge is 0.480 e. The molecule has 0 aromatic rings. The zero-order chi connectivity index (χ0) is 12.6. The van der Waals surface area contributed by atoms with E-state index in [2.05, 4.69) is 0 Å². The average Bonchev–Trinajstić information content (AvgIpc) is 2.16. The first-order chi connectivity index (χ1) is 7.51. The summed E-state index contributed by atoms with van der Waals surface area (Å²) in [5, 5.41) is 8.68. The molecule has 0 bridgehead atoms. The van der Waals surface area contributed by atoms with Gasteiger partial charge in [0.05, 0.1) is 0 Å². The maximum absolute atomic E-state index is 11.8. The second-order valence-corrected chi connectivity index (χ2v) is 3.97. The molecule has 1 unspecified atom stereocenters. The van der Waals surface area contributed by atoms with Gasteiger partial charge in [0.15, 0.2) is 0 Å². The first-order valence-electron chi connectivity index (χ1n) is 5.49. The summed E-state index contributed by atoms with van der Waals surface area (Å²) in [5.41, 5.74) is 0. The minimum atomic E-state index is -0.971. The Bertz CT molecular complexity index is 230. The van der Waals surface area contributed by atoms with Crippen LogP contribution in [0.15, 0.2) is 0 Å². The number of hydrogen-bond acceptors (Lipinski definition) is 3. The van der Waals surface area contributed by atoms with E-state index >= 15 is 0 Å². The normalized spacial score (nSPS) is 12.2. The van der Waals surface area contributed by atoms with E-state index in [9.17, 15) is 9.59 Å². The van der Waals surface area contributed by atoms with E-state index in [0.29, 0.717) is 19.6 Å². The van der Waals surface area contributed by atoms with Crippen LogP contribution in [0.4, 0.5) is 0 Å². The summed E-state index contributed by atoms with van der Waals surface area (Å²) >= 11 is 0. The summed E-state index contributed by atoms with van der Waals surface area (Å²) in [7, 11) is 1.59. The molecule has 0 aliphatic rings. The molecule has 1 N–H and O–H groups in total. The Hall–Kier alpha value is -1.10. The van der Waals surface area contributed by atoms with Gasteiger partial charge in [0.1, 0.15) is 6.54 Å². The molecule has 16 heavy (non-hydrogen) atoms. The SMILES string of the molecule is CCCN(CC(=O)O)C(=O)CC(C)COC. The standard InChI is InChI=1S/C11H21NO4/c1-4-5-12(7-11(14)15)10(13)6-9(2)8-16-3/h9H,4-8H2,1-3H3,(H,14,15). The lowest BCUT2D eigenvalue weighted by atomic mass is 10.1. The minimum absolute atomic E-state index is 0.116. The minimum Gasteiger partial charge on any atom is -0.480 e. The van der Waals surface area contributed by atoms with E-state index in [4.69, 9.17) is 9.84 Å². The topological polar surface area (TPSA) is 66.8 Å². The van der Waals surface area contributed by atoms with Gasteiger partial charge in [0.25, 0.3) is 0 Å². The third kappa shape index (κ3) is 6.40. The van der Waals surface area contributed by atoms with Crippen LogP contribution in [0, 0.1) is 5.92 Å². The predicted molar refractivity (Wildman–Crippen MR) is 60.2 cm³/mol. The highest BCUT2D eigenvalue weighted by atomic mass is 16.5. The quantitative estimate of drug-likeness (QED) is 0.676. The first-order valence-corrected chi connectivity index (χ1v) is 5.49. The fourth-order valence-corrected chi connectivity index (χ4v) is 1.50. The van der Waals surface area contributed by atoms with E-state index in [1.807, 2.05) is 13.8 Å². The lowest BCUT2D eigenvalue weighted by Gasteiger charge is -2.21. The van der Waals surface area contributed by atoms with Gasteiger partial charge in [-0.25, -0.2) is 0 Å². The van der Waals surface area contributed by atoms with Crippen molar-refractivity contribution in [1.29, 1.82) is 0 Å². The Kier molecular flexibility index (Phi) is 7.54. The molecule has 0 aliphatic carbocycles. The molecule has 0 radical (unpaired) electrons. The van der Waals surface area contributed by atoms with Crippen LogP contribution in [0.3, 0.4) is 0 Å². The lowest BCUT2D eigenvalue weighted by Crippen LogP contribution is -2.37. The number of carbonyl (C=O) groups is 2. The van der Waals surface area contributed by atoms with Crippen molar-refractivity contribution in [3.63, 3.8) is 0 Å². The van der Waals surface area contributed by atoms with Gasteiger partial charge >= 0.3 is 5.97 Å². The number of rotatable bonds is 8. The van der Waals surface area contributed by atoms with Gasteiger partial charge in [-0.3, -0.25) is 9.59 Å². The zero-order valence-electron chi connectivity index (χ0n) is 10.2. The third-order valence-electron chi connectivity index (χ3n) is 2.15. The van der Waals surface area contributed by atoms with E-state index in [0.717, 1.165) is 6.42 Å². The van der Waals surface area contributed by atoms with Crippen LogP contribution in [-0.2, 0) is 14.3 Å². The first kappa shape index (κ1) is 14.9. The predicted octanol–water partition coefficient (Wildman–Crippen LogP) is 0.982. The summed E-state index contributed by atoms with van der Waals surface area (Å²) in [6, 6.07) is 0. The maximum Gasteiger partial charge on any atom is 0.323 e. The van der Waals surface area contributed by atoms with Crippen molar-refractivity contribution >= 4 is 11.9 Å². The molecular weight excluding hydrogens is 210 g/mol. The van der Waals surface area contributed by atoms with Crippen LogP contribution < -0.4 is 0 Å². The number of carboxylic acid groups (broad SMARTS) is 1. The number of ether oxygens (including phenoxy) is 1. The summed E-state index contributed by atoms with van der Waals surface area (Å²) in [5.74, 6) is -0.972. The number of carbonyl (C=O) groups excluding carboxylic acids is 1. The van der Waals surface area contributed by atoms with Gasteiger partial charge in [-0.05, 0) is 12.3 Å². The highest BCUT2D eigenvalue weighted by Gasteiger charge is 2.18. The van der Waals surface area contributed by atoms with Crippen molar-refractivity contribution in [3.8, 4) is 0 Å². The monoisotopic (exact) mass is 231 g/mol. The summed E-state index contributed by atoms with van der Waals surface area (Å²) in [6.45, 7) is 4.61. The number of methoxy groups -OCH3 is 1. The highest BCUT2D eigenvalue weighted by molar-refractivity contribution is 5.81. The molecule has 0 saturated heterocycles. The van der Waals surface area contributed by atoms with E-state index in [-0.39, 0.29) is 18.4 Å². The molecule has 0 saturated carbocycles. The summed E-state index contributed by atoms with van der Waals surface area (Å²) in [4.78, 5) is 23.7. The molecule has 94 valence electrons. The Morgan fingerprint density at radius 3 is 2.50 bits per heavy atom. The second kappa shape index (κ2) is 8.10. The van der Waals surface area contributed by atoms with Gasteiger partial charge in [-0.15, -0.1) is 0 Å². The molecule has 0 spiro atoms.